The van der Waals surface area contributed by atoms with Gasteiger partial charge in [-0.05, 0) is 37.0 Å². The molecule has 5 nitrogen and oxygen atoms in total. The van der Waals surface area contributed by atoms with Crippen molar-refractivity contribution in [2.45, 2.75) is 26.3 Å². The zero-order chi connectivity index (χ0) is 16.3. The Morgan fingerprint density at radius 3 is 2.55 bits per heavy atom. The Bertz CT molecular complexity index is 547. The Kier molecular flexibility index (Phi) is 5.29. The first-order chi connectivity index (χ1) is 10.4. The van der Waals surface area contributed by atoms with Gasteiger partial charge in [-0.2, -0.15) is 0 Å². The van der Waals surface area contributed by atoms with Crippen LogP contribution in [0.3, 0.4) is 0 Å². The first-order valence-corrected chi connectivity index (χ1v) is 7.78. The third-order valence-corrected chi connectivity index (χ3v) is 4.26. The van der Waals surface area contributed by atoms with E-state index >= 15 is 0 Å². The summed E-state index contributed by atoms with van der Waals surface area (Å²) in [5, 5.41) is 12.7. The summed E-state index contributed by atoms with van der Waals surface area (Å²) in [7, 11) is 0. The van der Waals surface area contributed by atoms with Crippen molar-refractivity contribution < 1.29 is 14.7 Å². The van der Waals surface area contributed by atoms with Crippen LogP contribution in [0.4, 0.5) is 4.79 Å². The van der Waals surface area contributed by atoms with Crippen molar-refractivity contribution in [3.8, 4) is 0 Å². The van der Waals surface area contributed by atoms with E-state index in [1.54, 1.807) is 17.0 Å². The number of carbonyl (C=O) groups is 2. The van der Waals surface area contributed by atoms with Crippen molar-refractivity contribution in [2.24, 2.45) is 11.8 Å². The van der Waals surface area contributed by atoms with Gasteiger partial charge in [0, 0.05) is 18.1 Å². The highest BCUT2D eigenvalue weighted by molar-refractivity contribution is 6.30. The van der Waals surface area contributed by atoms with E-state index < -0.39 is 11.9 Å². The SMILES string of the molecule is CC1CC(C(=O)O)CN(C(=O)N[C@@H](C)c2ccc(Cl)cc2)C1. The molecule has 1 heterocycles. The first kappa shape index (κ1) is 16.6. The Morgan fingerprint density at radius 1 is 1.32 bits per heavy atom. The zero-order valence-corrected chi connectivity index (χ0v) is 13.5. The average Bonchev–Trinajstić information content (AvgIpc) is 2.47. The van der Waals surface area contributed by atoms with E-state index in [1.807, 2.05) is 26.0 Å². The topological polar surface area (TPSA) is 69.6 Å². The molecular weight excluding hydrogens is 304 g/mol. The summed E-state index contributed by atoms with van der Waals surface area (Å²) < 4.78 is 0. The van der Waals surface area contributed by atoms with Crippen LogP contribution in [-0.4, -0.2) is 35.1 Å². The van der Waals surface area contributed by atoms with Gasteiger partial charge in [-0.3, -0.25) is 4.79 Å². The van der Waals surface area contributed by atoms with Crippen LogP contribution in [0.15, 0.2) is 24.3 Å². The number of likely N-dealkylation sites (tertiary alicyclic amines) is 1. The Balaban J connectivity index is 1.98. The molecular formula is C16H21ClN2O3. The molecule has 1 saturated heterocycles. The Morgan fingerprint density at radius 2 is 1.95 bits per heavy atom. The molecule has 3 atom stereocenters. The summed E-state index contributed by atoms with van der Waals surface area (Å²) in [5.41, 5.74) is 0.956. The van der Waals surface area contributed by atoms with Gasteiger partial charge in [0.2, 0.25) is 0 Å². The van der Waals surface area contributed by atoms with Crippen LogP contribution in [0.25, 0.3) is 0 Å². The molecule has 6 heteroatoms. The van der Waals surface area contributed by atoms with Gasteiger partial charge >= 0.3 is 12.0 Å². The van der Waals surface area contributed by atoms with Gasteiger partial charge in [0.05, 0.1) is 12.0 Å². The normalized spacial score (nSPS) is 23.0. The molecule has 1 aromatic carbocycles. The quantitative estimate of drug-likeness (QED) is 0.897. The van der Waals surface area contributed by atoms with Gasteiger partial charge < -0.3 is 15.3 Å². The second kappa shape index (κ2) is 7.01. The van der Waals surface area contributed by atoms with Gasteiger partial charge in [0.25, 0.3) is 0 Å². The fourth-order valence-electron chi connectivity index (χ4n) is 2.81. The molecule has 2 amide bonds. The van der Waals surface area contributed by atoms with Crippen LogP contribution in [-0.2, 0) is 4.79 Å². The van der Waals surface area contributed by atoms with Gasteiger partial charge in [-0.15, -0.1) is 0 Å². The second-order valence-electron chi connectivity index (χ2n) is 6.00. The molecule has 120 valence electrons. The molecule has 2 rings (SSSR count). The molecule has 0 aliphatic carbocycles. The molecule has 1 aromatic rings. The Hall–Kier alpha value is -1.75. The monoisotopic (exact) mass is 324 g/mol. The van der Waals surface area contributed by atoms with Crippen LogP contribution in [0.5, 0.6) is 0 Å². The summed E-state index contributed by atoms with van der Waals surface area (Å²) >= 11 is 5.85. The van der Waals surface area contributed by atoms with Gasteiger partial charge in [-0.1, -0.05) is 30.7 Å². The van der Waals surface area contributed by atoms with E-state index in [0.29, 0.717) is 18.0 Å². The summed E-state index contributed by atoms with van der Waals surface area (Å²) in [6.45, 7) is 4.71. The maximum Gasteiger partial charge on any atom is 0.317 e. The molecule has 0 aromatic heterocycles. The van der Waals surface area contributed by atoms with Crippen molar-refractivity contribution in [1.29, 1.82) is 0 Å². The third-order valence-electron chi connectivity index (χ3n) is 4.01. The van der Waals surface area contributed by atoms with Crippen molar-refractivity contribution in [1.82, 2.24) is 10.2 Å². The minimum absolute atomic E-state index is 0.162. The molecule has 1 aliphatic heterocycles. The summed E-state index contributed by atoms with van der Waals surface area (Å²) in [6.07, 6.45) is 0.617. The number of urea groups is 1. The van der Waals surface area contributed by atoms with Crippen LogP contribution in [0.2, 0.25) is 5.02 Å². The lowest BCUT2D eigenvalue weighted by Crippen LogP contribution is -2.49. The second-order valence-corrected chi connectivity index (χ2v) is 6.44. The molecule has 2 N–H and O–H groups in total. The number of benzene rings is 1. The number of carboxylic acid groups (broad SMARTS) is 1. The average molecular weight is 325 g/mol. The lowest BCUT2D eigenvalue weighted by molar-refractivity contribution is -0.143. The van der Waals surface area contributed by atoms with E-state index in [1.165, 1.54) is 0 Å². The highest BCUT2D eigenvalue weighted by Gasteiger charge is 2.32. The number of carbonyl (C=O) groups excluding carboxylic acids is 1. The van der Waals surface area contributed by atoms with Crippen LogP contribution in [0.1, 0.15) is 31.9 Å². The highest BCUT2D eigenvalue weighted by atomic mass is 35.5. The molecule has 1 fully saturated rings. The fraction of sp³-hybridized carbons (Fsp3) is 0.500. The molecule has 22 heavy (non-hydrogen) atoms. The van der Waals surface area contributed by atoms with E-state index in [2.05, 4.69) is 5.32 Å². The molecule has 0 spiro atoms. The van der Waals surface area contributed by atoms with E-state index in [4.69, 9.17) is 11.6 Å². The number of piperidine rings is 1. The van der Waals surface area contributed by atoms with Gasteiger partial charge in [-0.25, -0.2) is 4.79 Å². The number of hydrogen-bond acceptors (Lipinski definition) is 2. The smallest absolute Gasteiger partial charge is 0.317 e. The fourth-order valence-corrected chi connectivity index (χ4v) is 2.93. The predicted octanol–water partition coefficient (Wildman–Crippen LogP) is 3.15. The maximum atomic E-state index is 12.4. The number of amides is 2. The van der Waals surface area contributed by atoms with Crippen LogP contribution < -0.4 is 5.32 Å². The lowest BCUT2D eigenvalue weighted by Gasteiger charge is -2.35. The molecule has 2 unspecified atom stereocenters. The predicted molar refractivity (Wildman–Crippen MR) is 84.9 cm³/mol. The molecule has 0 bridgehead atoms. The minimum atomic E-state index is -0.838. The number of nitrogens with one attached hydrogen (secondary N) is 1. The van der Waals surface area contributed by atoms with Crippen molar-refractivity contribution in [3.05, 3.63) is 34.9 Å². The highest BCUT2D eigenvalue weighted by Crippen LogP contribution is 2.23. The van der Waals surface area contributed by atoms with Crippen molar-refractivity contribution in [2.75, 3.05) is 13.1 Å². The van der Waals surface area contributed by atoms with E-state index in [0.717, 1.165) is 5.56 Å². The largest absolute Gasteiger partial charge is 0.481 e. The number of aliphatic carboxylic acids is 1. The number of rotatable bonds is 3. The molecule has 0 radical (unpaired) electrons. The van der Waals surface area contributed by atoms with Gasteiger partial charge in [0.1, 0.15) is 0 Å². The van der Waals surface area contributed by atoms with Crippen molar-refractivity contribution in [3.63, 3.8) is 0 Å². The minimum Gasteiger partial charge on any atom is -0.481 e. The molecule has 1 aliphatic rings. The standard InChI is InChI=1S/C16H21ClN2O3/c1-10-7-13(15(20)21)9-19(8-10)16(22)18-11(2)12-3-5-14(17)6-4-12/h3-6,10-11,13H,7-9H2,1-2H3,(H,18,22)(H,20,21)/t10?,11-,13?/m0/s1. The number of carboxylic acids is 1. The Labute approximate surface area is 135 Å². The molecule has 0 saturated carbocycles. The summed E-state index contributed by atoms with van der Waals surface area (Å²) in [6, 6.07) is 6.91. The number of halogens is 1. The van der Waals surface area contributed by atoms with Crippen LogP contribution in [0, 0.1) is 11.8 Å². The first-order valence-electron chi connectivity index (χ1n) is 7.40. The maximum absolute atomic E-state index is 12.4. The number of hydrogen-bond donors (Lipinski definition) is 2. The van der Waals surface area contributed by atoms with Crippen LogP contribution >= 0.6 is 11.6 Å². The zero-order valence-electron chi connectivity index (χ0n) is 12.8. The van der Waals surface area contributed by atoms with Crippen molar-refractivity contribution >= 4 is 23.6 Å². The third kappa shape index (κ3) is 4.13. The summed E-state index contributed by atoms with van der Waals surface area (Å²) in [5.74, 6) is -1.14. The number of nitrogens with zero attached hydrogens (tertiary/aromatic N) is 1. The van der Waals surface area contributed by atoms with Gasteiger partial charge in [0.15, 0.2) is 0 Å². The van der Waals surface area contributed by atoms with E-state index in [-0.39, 0.29) is 24.5 Å². The summed E-state index contributed by atoms with van der Waals surface area (Å²) in [4.78, 5) is 25.1. The van der Waals surface area contributed by atoms with E-state index in [9.17, 15) is 14.7 Å². The lowest BCUT2D eigenvalue weighted by atomic mass is 9.91.